The Kier molecular flexibility index (Phi) is 9.66. The van der Waals surface area contributed by atoms with Gasteiger partial charge in [0.15, 0.2) is 0 Å². The third-order valence-electron chi connectivity index (χ3n) is 3.45. The summed E-state index contributed by atoms with van der Waals surface area (Å²) in [5, 5.41) is 0. The van der Waals surface area contributed by atoms with Crippen LogP contribution < -0.4 is 0 Å². The van der Waals surface area contributed by atoms with E-state index in [1.165, 1.54) is 44.2 Å². The minimum atomic E-state index is 0.674. The molecule has 0 aliphatic carbocycles. The van der Waals surface area contributed by atoms with Gasteiger partial charge in [0.05, 0.1) is 0 Å². The standard InChI is InChI=1S/C15H31N/c1-6-10-11-14(9-4)15(13(5)8-3)16-12-7-2/h13-14H,6-12H2,1-5H3/t13?,14-/m0/s1. The predicted octanol–water partition coefficient (Wildman–Crippen LogP) is 5.10. The molecule has 0 spiro atoms. The highest BCUT2D eigenvalue weighted by atomic mass is 14.7. The van der Waals surface area contributed by atoms with Crippen molar-refractivity contribution in [2.24, 2.45) is 16.8 Å². The van der Waals surface area contributed by atoms with E-state index in [0.29, 0.717) is 5.92 Å². The molecule has 0 aliphatic heterocycles. The summed E-state index contributed by atoms with van der Waals surface area (Å²) in [4.78, 5) is 4.85. The Bertz CT molecular complexity index is 184. The van der Waals surface area contributed by atoms with Gasteiger partial charge in [0.25, 0.3) is 0 Å². The molecule has 0 aromatic heterocycles. The molecule has 16 heavy (non-hydrogen) atoms. The van der Waals surface area contributed by atoms with E-state index in [0.717, 1.165) is 12.5 Å². The van der Waals surface area contributed by atoms with E-state index in [2.05, 4.69) is 34.6 Å². The Balaban J connectivity index is 4.55. The van der Waals surface area contributed by atoms with Crippen molar-refractivity contribution in [3.63, 3.8) is 0 Å². The van der Waals surface area contributed by atoms with Crippen LogP contribution in [0.25, 0.3) is 0 Å². The van der Waals surface area contributed by atoms with Crippen LogP contribution in [0.3, 0.4) is 0 Å². The van der Waals surface area contributed by atoms with Gasteiger partial charge in [0.1, 0.15) is 0 Å². The van der Waals surface area contributed by atoms with Gasteiger partial charge in [-0.3, -0.25) is 4.99 Å². The number of rotatable bonds is 9. The maximum atomic E-state index is 4.85. The van der Waals surface area contributed by atoms with Gasteiger partial charge in [-0.1, -0.05) is 47.5 Å². The summed E-state index contributed by atoms with van der Waals surface area (Å²) in [5.74, 6) is 1.41. The maximum absolute atomic E-state index is 4.85. The molecule has 0 amide bonds. The van der Waals surface area contributed by atoms with E-state index in [4.69, 9.17) is 4.99 Å². The Labute approximate surface area is 103 Å². The fourth-order valence-corrected chi connectivity index (χ4v) is 2.15. The van der Waals surface area contributed by atoms with Crippen LogP contribution in [-0.4, -0.2) is 12.3 Å². The fourth-order valence-electron chi connectivity index (χ4n) is 2.15. The maximum Gasteiger partial charge on any atom is 0.0386 e. The van der Waals surface area contributed by atoms with Crippen LogP contribution in [-0.2, 0) is 0 Å². The molecule has 1 heteroatoms. The van der Waals surface area contributed by atoms with Gasteiger partial charge in [0.2, 0.25) is 0 Å². The molecular formula is C15H31N. The van der Waals surface area contributed by atoms with Crippen molar-refractivity contribution in [2.75, 3.05) is 6.54 Å². The van der Waals surface area contributed by atoms with E-state index in [-0.39, 0.29) is 0 Å². The zero-order valence-electron chi connectivity index (χ0n) is 12.1. The fraction of sp³-hybridized carbons (Fsp3) is 0.933. The summed E-state index contributed by atoms with van der Waals surface area (Å²) >= 11 is 0. The lowest BCUT2D eigenvalue weighted by Crippen LogP contribution is -2.22. The molecule has 0 fully saturated rings. The third-order valence-corrected chi connectivity index (χ3v) is 3.45. The number of hydrogen-bond acceptors (Lipinski definition) is 1. The summed E-state index contributed by atoms with van der Waals surface area (Å²) in [6.07, 6.45) is 7.64. The average molecular weight is 225 g/mol. The quantitative estimate of drug-likeness (QED) is 0.484. The molecule has 0 aliphatic rings. The van der Waals surface area contributed by atoms with Crippen molar-refractivity contribution >= 4 is 5.71 Å². The summed E-state index contributed by atoms with van der Waals surface area (Å²) in [7, 11) is 0. The summed E-state index contributed by atoms with van der Waals surface area (Å²) in [5.41, 5.74) is 1.50. The van der Waals surface area contributed by atoms with Crippen molar-refractivity contribution in [3.8, 4) is 0 Å². The molecule has 0 aromatic carbocycles. The lowest BCUT2D eigenvalue weighted by atomic mass is 9.86. The van der Waals surface area contributed by atoms with Gasteiger partial charge in [-0.25, -0.2) is 0 Å². The van der Waals surface area contributed by atoms with E-state index in [1.54, 1.807) is 0 Å². The number of hydrogen-bond donors (Lipinski definition) is 0. The van der Waals surface area contributed by atoms with Crippen LogP contribution in [0.5, 0.6) is 0 Å². The van der Waals surface area contributed by atoms with Crippen LogP contribution in [0.4, 0.5) is 0 Å². The molecule has 1 unspecified atom stereocenters. The van der Waals surface area contributed by atoms with Crippen molar-refractivity contribution in [3.05, 3.63) is 0 Å². The largest absolute Gasteiger partial charge is 0.294 e. The van der Waals surface area contributed by atoms with Crippen LogP contribution in [0.15, 0.2) is 4.99 Å². The highest BCUT2D eigenvalue weighted by Crippen LogP contribution is 2.21. The minimum absolute atomic E-state index is 0.674. The summed E-state index contributed by atoms with van der Waals surface area (Å²) < 4.78 is 0. The van der Waals surface area contributed by atoms with E-state index in [1.807, 2.05) is 0 Å². The van der Waals surface area contributed by atoms with E-state index < -0.39 is 0 Å². The summed E-state index contributed by atoms with van der Waals surface area (Å²) in [6, 6.07) is 0. The molecule has 2 atom stereocenters. The lowest BCUT2D eigenvalue weighted by Gasteiger charge is -2.22. The molecule has 0 N–H and O–H groups in total. The topological polar surface area (TPSA) is 12.4 Å². The Morgan fingerprint density at radius 3 is 2.12 bits per heavy atom. The molecule has 0 saturated carbocycles. The average Bonchev–Trinajstić information content (AvgIpc) is 2.32. The highest BCUT2D eigenvalue weighted by molar-refractivity contribution is 5.88. The molecule has 96 valence electrons. The second-order valence-corrected chi connectivity index (χ2v) is 4.86. The predicted molar refractivity (Wildman–Crippen MR) is 75.4 cm³/mol. The number of aliphatic imine (C=N–C) groups is 1. The second-order valence-electron chi connectivity index (χ2n) is 4.86. The first kappa shape index (κ1) is 15.7. The van der Waals surface area contributed by atoms with Crippen molar-refractivity contribution in [2.45, 2.75) is 73.1 Å². The second kappa shape index (κ2) is 9.86. The van der Waals surface area contributed by atoms with Crippen molar-refractivity contribution in [1.29, 1.82) is 0 Å². The molecule has 1 nitrogen and oxygen atoms in total. The Hall–Kier alpha value is -0.330. The van der Waals surface area contributed by atoms with Gasteiger partial charge >= 0.3 is 0 Å². The zero-order chi connectivity index (χ0) is 12.4. The third kappa shape index (κ3) is 5.67. The van der Waals surface area contributed by atoms with Crippen molar-refractivity contribution in [1.82, 2.24) is 0 Å². The van der Waals surface area contributed by atoms with E-state index >= 15 is 0 Å². The molecular weight excluding hydrogens is 194 g/mol. The lowest BCUT2D eigenvalue weighted by molar-refractivity contribution is 0.535. The van der Waals surface area contributed by atoms with Gasteiger partial charge in [0, 0.05) is 12.3 Å². The molecule has 0 aromatic rings. The first-order valence-corrected chi connectivity index (χ1v) is 7.25. The Morgan fingerprint density at radius 1 is 1.00 bits per heavy atom. The Morgan fingerprint density at radius 2 is 1.69 bits per heavy atom. The van der Waals surface area contributed by atoms with Crippen LogP contribution in [0.2, 0.25) is 0 Å². The SMILES string of the molecule is CCCC[C@H](CC)C(=NCCC)C(C)CC. The van der Waals surface area contributed by atoms with Gasteiger partial charge in [-0.15, -0.1) is 0 Å². The normalized spacial score (nSPS) is 16.2. The molecule has 0 saturated heterocycles. The molecule has 0 radical (unpaired) electrons. The van der Waals surface area contributed by atoms with Crippen LogP contribution in [0.1, 0.15) is 73.1 Å². The molecule has 0 rings (SSSR count). The monoisotopic (exact) mass is 225 g/mol. The van der Waals surface area contributed by atoms with Gasteiger partial charge in [-0.2, -0.15) is 0 Å². The first-order valence-electron chi connectivity index (χ1n) is 7.25. The number of unbranched alkanes of at least 4 members (excludes halogenated alkanes) is 1. The summed E-state index contributed by atoms with van der Waals surface area (Å²) in [6.45, 7) is 12.4. The van der Waals surface area contributed by atoms with Gasteiger partial charge in [-0.05, 0) is 37.5 Å². The van der Waals surface area contributed by atoms with Gasteiger partial charge < -0.3 is 0 Å². The number of nitrogens with zero attached hydrogens (tertiary/aromatic N) is 1. The minimum Gasteiger partial charge on any atom is -0.294 e. The smallest absolute Gasteiger partial charge is 0.0386 e. The molecule has 0 heterocycles. The van der Waals surface area contributed by atoms with E-state index in [9.17, 15) is 0 Å². The zero-order valence-corrected chi connectivity index (χ0v) is 12.1. The van der Waals surface area contributed by atoms with Crippen LogP contribution in [0, 0.1) is 11.8 Å². The first-order chi connectivity index (χ1) is 7.71. The van der Waals surface area contributed by atoms with Crippen LogP contribution >= 0.6 is 0 Å². The highest BCUT2D eigenvalue weighted by Gasteiger charge is 2.18. The van der Waals surface area contributed by atoms with Crippen molar-refractivity contribution < 1.29 is 0 Å². The molecule has 0 bridgehead atoms.